The van der Waals surface area contributed by atoms with E-state index in [9.17, 15) is 19.2 Å². The molecule has 3 aliphatic rings. The normalized spacial score (nSPS) is 20.4. The number of hydrogen-bond donors (Lipinski definition) is 4. The van der Waals surface area contributed by atoms with E-state index in [0.717, 1.165) is 27.8 Å². The van der Waals surface area contributed by atoms with Crippen molar-refractivity contribution in [2.24, 2.45) is 23.3 Å². The van der Waals surface area contributed by atoms with Crippen molar-refractivity contribution < 1.29 is 38.1 Å². The van der Waals surface area contributed by atoms with Crippen LogP contribution in [-0.4, -0.2) is 91.5 Å². The predicted molar refractivity (Wildman–Crippen MR) is 212 cm³/mol. The van der Waals surface area contributed by atoms with Gasteiger partial charge in [-0.05, 0) is 53.5 Å². The van der Waals surface area contributed by atoms with Crippen molar-refractivity contribution in [1.29, 1.82) is 0 Å². The van der Waals surface area contributed by atoms with Crippen LogP contribution in [-0.2, 0) is 61.3 Å². The number of likely N-dealkylation sites (tertiary alicyclic amines) is 2. The van der Waals surface area contributed by atoms with Gasteiger partial charge in [0.05, 0.1) is 13.2 Å². The molecule has 3 atom stereocenters. The first kappa shape index (κ1) is 41.6. The van der Waals surface area contributed by atoms with Crippen molar-refractivity contribution >= 4 is 24.0 Å². The molecular formula is C43H56N6O8. The van der Waals surface area contributed by atoms with E-state index < -0.39 is 30.5 Å². The zero-order chi connectivity index (χ0) is 40.0. The third-order valence-electron chi connectivity index (χ3n) is 11.0. The lowest BCUT2D eigenvalue weighted by Gasteiger charge is -2.39. The van der Waals surface area contributed by atoms with Crippen molar-refractivity contribution in [2.45, 2.75) is 83.2 Å². The van der Waals surface area contributed by atoms with E-state index in [4.69, 9.17) is 30.4 Å². The average molecular weight is 785 g/mol. The topological polar surface area (TPSA) is 188 Å². The Kier molecular flexibility index (Phi) is 15.3. The minimum atomic E-state index is -0.697. The highest BCUT2D eigenvalue weighted by Gasteiger charge is 2.40. The number of hydrogen-bond acceptors (Lipinski definition) is 10. The second-order valence-corrected chi connectivity index (χ2v) is 15.0. The van der Waals surface area contributed by atoms with Crippen LogP contribution in [0.3, 0.4) is 0 Å². The number of ether oxygens (including phenoxy) is 4. The first-order chi connectivity index (χ1) is 27.8. The molecule has 3 aliphatic heterocycles. The van der Waals surface area contributed by atoms with Crippen molar-refractivity contribution in [3.8, 4) is 0 Å². The molecule has 3 aromatic rings. The van der Waals surface area contributed by atoms with Crippen LogP contribution in [0.4, 0.5) is 9.59 Å². The van der Waals surface area contributed by atoms with Crippen LogP contribution in [0.1, 0.15) is 59.9 Å². The van der Waals surface area contributed by atoms with Gasteiger partial charge in [0, 0.05) is 70.6 Å². The summed E-state index contributed by atoms with van der Waals surface area (Å²) in [6.45, 7) is 3.72. The number of nitrogens with one attached hydrogen (secondary N) is 2. The highest BCUT2D eigenvalue weighted by atomic mass is 16.6. The van der Waals surface area contributed by atoms with Crippen LogP contribution < -0.4 is 22.1 Å². The molecule has 3 saturated heterocycles. The Morgan fingerprint density at radius 1 is 0.649 bits per heavy atom. The first-order valence-electron chi connectivity index (χ1n) is 20.0. The van der Waals surface area contributed by atoms with E-state index in [1.165, 1.54) is 0 Å². The zero-order valence-electron chi connectivity index (χ0n) is 32.5. The van der Waals surface area contributed by atoms with Crippen LogP contribution in [0, 0.1) is 11.8 Å². The number of rotatable bonds is 14. The van der Waals surface area contributed by atoms with E-state index >= 15 is 0 Å². The lowest BCUT2D eigenvalue weighted by atomic mass is 9.96. The van der Waals surface area contributed by atoms with E-state index in [1.807, 2.05) is 78.9 Å². The van der Waals surface area contributed by atoms with Crippen molar-refractivity contribution in [2.75, 3.05) is 39.4 Å². The molecule has 0 unspecified atom stereocenters. The van der Waals surface area contributed by atoms with Gasteiger partial charge in [-0.2, -0.15) is 0 Å². The summed E-state index contributed by atoms with van der Waals surface area (Å²) < 4.78 is 24.3. The van der Waals surface area contributed by atoms with Crippen molar-refractivity contribution in [3.05, 3.63) is 107 Å². The number of piperidine rings is 2. The molecule has 4 amide bonds. The van der Waals surface area contributed by atoms with E-state index in [1.54, 1.807) is 9.80 Å². The Morgan fingerprint density at radius 2 is 1.16 bits per heavy atom. The minimum Gasteiger partial charge on any atom is -0.447 e. The lowest BCUT2D eigenvalue weighted by Crippen LogP contribution is -2.52. The summed E-state index contributed by atoms with van der Waals surface area (Å²) in [6.07, 6.45) is -0.476. The molecule has 3 heterocycles. The molecule has 6 N–H and O–H groups in total. The third kappa shape index (κ3) is 12.0. The smallest absolute Gasteiger partial charge is 0.410 e. The van der Waals surface area contributed by atoms with Crippen LogP contribution in [0.25, 0.3) is 0 Å². The zero-order valence-corrected chi connectivity index (χ0v) is 32.5. The van der Waals surface area contributed by atoms with Gasteiger partial charge in [-0.25, -0.2) is 9.59 Å². The summed E-state index contributed by atoms with van der Waals surface area (Å²) >= 11 is 0. The summed E-state index contributed by atoms with van der Waals surface area (Å²) in [5, 5.41) is 6.04. The maximum atomic E-state index is 13.5. The molecule has 6 rings (SSSR count). The average Bonchev–Trinajstić information content (AvgIpc) is 3.26. The number of nitrogens with two attached hydrogens (primary N) is 2. The predicted octanol–water partition coefficient (Wildman–Crippen LogP) is 3.98. The van der Waals surface area contributed by atoms with Gasteiger partial charge in [-0.1, -0.05) is 78.9 Å². The van der Waals surface area contributed by atoms with Crippen LogP contribution in [0.5, 0.6) is 0 Å². The van der Waals surface area contributed by atoms with Gasteiger partial charge < -0.3 is 50.8 Å². The summed E-state index contributed by atoms with van der Waals surface area (Å²) in [7, 11) is 0. The minimum absolute atomic E-state index is 0.0342. The SMILES string of the molecule is NCc1cccc(CNC(=O)C2CCN(C(=O)OC[C@H]3OCC[C@@H](OC(=O)N4CCC(C(=O)NCc5cccc(CN)c5)CC4)[C@@H]3OCc3ccccc3)CC2)c1. The molecular weight excluding hydrogens is 729 g/mol. The molecule has 0 spiro atoms. The highest BCUT2D eigenvalue weighted by Crippen LogP contribution is 2.26. The van der Waals surface area contributed by atoms with Crippen molar-refractivity contribution in [3.63, 3.8) is 0 Å². The standard InChI is InChI=1S/C43H56N6O8/c44-24-31-8-4-10-33(22-31)26-46-40(50)35-12-17-48(18-13-35)42(52)56-29-38-39(55-28-30-6-2-1-3-7-30)37(16-21-54-38)57-43(53)49-19-14-36(15-20-49)41(51)47-27-34-11-5-9-32(23-34)25-45/h1-11,22-23,35-39H,12-21,24-29,44-45H2,(H,46,50)(H,47,51)/t37-,38-,39+/m1/s1. The molecule has 0 saturated carbocycles. The third-order valence-corrected chi connectivity index (χ3v) is 11.0. The molecule has 0 radical (unpaired) electrons. The Hall–Kier alpha value is -5.02. The molecule has 0 bridgehead atoms. The maximum Gasteiger partial charge on any atom is 0.410 e. The molecule has 3 fully saturated rings. The fourth-order valence-electron chi connectivity index (χ4n) is 7.58. The fraction of sp³-hybridized carbons (Fsp3) is 0.488. The summed E-state index contributed by atoms with van der Waals surface area (Å²) in [6, 6.07) is 25.3. The number of nitrogens with zero attached hydrogens (tertiary/aromatic N) is 2. The summed E-state index contributed by atoms with van der Waals surface area (Å²) in [4.78, 5) is 55.8. The number of carbonyl (C=O) groups is 4. The number of carbonyl (C=O) groups excluding carboxylic acids is 4. The molecule has 57 heavy (non-hydrogen) atoms. The Labute approximate surface area is 334 Å². The maximum absolute atomic E-state index is 13.5. The Balaban J connectivity index is 0.972. The van der Waals surface area contributed by atoms with Crippen molar-refractivity contribution in [1.82, 2.24) is 20.4 Å². The molecule has 0 aromatic heterocycles. The van der Waals surface area contributed by atoms with Crippen LogP contribution in [0.2, 0.25) is 0 Å². The van der Waals surface area contributed by atoms with Gasteiger partial charge in [0.25, 0.3) is 0 Å². The van der Waals surface area contributed by atoms with Gasteiger partial charge in [-0.3, -0.25) is 9.59 Å². The van der Waals surface area contributed by atoms with Crippen LogP contribution in [0.15, 0.2) is 78.9 Å². The fourth-order valence-corrected chi connectivity index (χ4v) is 7.58. The first-order valence-corrected chi connectivity index (χ1v) is 20.0. The second kappa shape index (κ2) is 20.9. The summed E-state index contributed by atoms with van der Waals surface area (Å²) in [5.41, 5.74) is 16.4. The van der Waals surface area contributed by atoms with Gasteiger partial charge >= 0.3 is 12.2 Å². The quantitative estimate of drug-likeness (QED) is 0.186. The molecule has 0 aliphatic carbocycles. The number of benzene rings is 3. The molecule has 14 heteroatoms. The highest BCUT2D eigenvalue weighted by molar-refractivity contribution is 5.79. The van der Waals surface area contributed by atoms with Gasteiger partial charge in [-0.15, -0.1) is 0 Å². The van der Waals surface area contributed by atoms with E-state index in [2.05, 4.69) is 10.6 Å². The van der Waals surface area contributed by atoms with Gasteiger partial charge in [0.15, 0.2) is 0 Å². The largest absolute Gasteiger partial charge is 0.447 e. The van der Waals surface area contributed by atoms with Gasteiger partial charge in [0.1, 0.15) is 24.9 Å². The molecule has 3 aromatic carbocycles. The number of amides is 4. The molecule has 306 valence electrons. The Morgan fingerprint density at radius 3 is 1.70 bits per heavy atom. The Bertz CT molecular complexity index is 1780. The monoisotopic (exact) mass is 784 g/mol. The van der Waals surface area contributed by atoms with E-state index in [0.29, 0.717) is 91.1 Å². The van der Waals surface area contributed by atoms with Gasteiger partial charge in [0.2, 0.25) is 11.8 Å². The summed E-state index contributed by atoms with van der Waals surface area (Å²) in [5.74, 6) is -0.476. The van der Waals surface area contributed by atoms with Crippen LogP contribution >= 0.6 is 0 Å². The second-order valence-electron chi connectivity index (χ2n) is 15.0. The molecule has 14 nitrogen and oxygen atoms in total. The van der Waals surface area contributed by atoms with E-state index in [-0.39, 0.29) is 36.9 Å². The lowest BCUT2D eigenvalue weighted by molar-refractivity contribution is -0.178.